The Morgan fingerprint density at radius 3 is 2.88 bits per heavy atom. The largest absolute Gasteiger partial charge is 0.462 e. The summed E-state index contributed by atoms with van der Waals surface area (Å²) < 4.78 is 7.19. The van der Waals surface area contributed by atoms with Gasteiger partial charge < -0.3 is 15.8 Å². The maximum absolute atomic E-state index is 11.8. The summed E-state index contributed by atoms with van der Waals surface area (Å²) in [7, 11) is 0. The van der Waals surface area contributed by atoms with E-state index in [2.05, 4.69) is 15.5 Å². The highest BCUT2D eigenvalue weighted by Gasteiger charge is 2.45. The molecule has 0 unspecified atom stereocenters. The van der Waals surface area contributed by atoms with E-state index in [0.29, 0.717) is 37.8 Å². The standard InChI is InChI=1S/C10H15N5O2/c11-7(16)10(1-3-12-4-2-10)8-13-14-9-15(8)5-6-17-9/h12H,1-6H2,(H2,11,16). The lowest BCUT2D eigenvalue weighted by Crippen LogP contribution is -2.50. The zero-order chi connectivity index (χ0) is 11.9. The number of hydrogen-bond donors (Lipinski definition) is 2. The van der Waals surface area contributed by atoms with Gasteiger partial charge in [0, 0.05) is 0 Å². The van der Waals surface area contributed by atoms with Gasteiger partial charge in [-0.25, -0.2) is 0 Å². The lowest BCUT2D eigenvalue weighted by molar-refractivity contribution is -0.124. The third-order valence-electron chi connectivity index (χ3n) is 3.62. The molecule has 2 aliphatic heterocycles. The third-order valence-corrected chi connectivity index (χ3v) is 3.62. The number of carbonyl (C=O) groups is 1. The highest BCUT2D eigenvalue weighted by Crippen LogP contribution is 2.34. The van der Waals surface area contributed by atoms with Crippen LogP contribution < -0.4 is 15.8 Å². The number of nitrogens with zero attached hydrogens (tertiary/aromatic N) is 3. The predicted molar refractivity (Wildman–Crippen MR) is 58.5 cm³/mol. The van der Waals surface area contributed by atoms with Crippen LogP contribution in [0.1, 0.15) is 18.7 Å². The average molecular weight is 237 g/mol. The molecule has 2 aliphatic rings. The van der Waals surface area contributed by atoms with E-state index in [4.69, 9.17) is 10.5 Å². The van der Waals surface area contributed by atoms with Gasteiger partial charge in [-0.05, 0) is 25.9 Å². The Bertz CT molecular complexity index is 450. The minimum Gasteiger partial charge on any atom is -0.462 e. The Kier molecular flexibility index (Phi) is 2.29. The fraction of sp³-hybridized carbons (Fsp3) is 0.700. The molecule has 0 atom stereocenters. The monoisotopic (exact) mass is 237 g/mol. The summed E-state index contributed by atoms with van der Waals surface area (Å²) in [5.74, 6) is 0.347. The summed E-state index contributed by atoms with van der Waals surface area (Å²) in [4.78, 5) is 11.8. The van der Waals surface area contributed by atoms with Gasteiger partial charge in [0.05, 0.1) is 6.54 Å². The third kappa shape index (κ3) is 1.42. The molecule has 1 fully saturated rings. The van der Waals surface area contributed by atoms with Gasteiger partial charge in [0.2, 0.25) is 5.91 Å². The van der Waals surface area contributed by atoms with Crippen molar-refractivity contribution >= 4 is 5.91 Å². The molecule has 0 radical (unpaired) electrons. The Hall–Kier alpha value is -1.63. The first kappa shape index (κ1) is 10.5. The van der Waals surface area contributed by atoms with Crippen molar-refractivity contribution < 1.29 is 9.53 Å². The van der Waals surface area contributed by atoms with Gasteiger partial charge in [-0.3, -0.25) is 9.36 Å². The molecule has 0 bridgehead atoms. The van der Waals surface area contributed by atoms with Gasteiger partial charge in [0.15, 0.2) is 5.82 Å². The molecule has 3 heterocycles. The van der Waals surface area contributed by atoms with E-state index in [9.17, 15) is 4.79 Å². The number of fused-ring (bicyclic) bond motifs is 1. The first-order valence-corrected chi connectivity index (χ1v) is 5.81. The van der Waals surface area contributed by atoms with E-state index < -0.39 is 5.41 Å². The minimum absolute atomic E-state index is 0.318. The van der Waals surface area contributed by atoms with Crippen LogP contribution in [0.15, 0.2) is 0 Å². The average Bonchev–Trinajstić information content (AvgIpc) is 2.91. The van der Waals surface area contributed by atoms with Crippen LogP contribution >= 0.6 is 0 Å². The highest BCUT2D eigenvalue weighted by molar-refractivity contribution is 5.86. The van der Waals surface area contributed by atoms with Crippen LogP contribution in [0.3, 0.4) is 0 Å². The van der Waals surface area contributed by atoms with Crippen LogP contribution in [0.25, 0.3) is 0 Å². The summed E-state index contributed by atoms with van der Waals surface area (Å²) in [6.07, 6.45) is 1.33. The molecule has 1 saturated heterocycles. The molecule has 0 spiro atoms. The molecule has 3 rings (SSSR count). The fourth-order valence-corrected chi connectivity index (χ4v) is 2.61. The fourth-order valence-electron chi connectivity index (χ4n) is 2.61. The van der Waals surface area contributed by atoms with Crippen LogP contribution in [0.4, 0.5) is 0 Å². The van der Waals surface area contributed by atoms with Crippen molar-refractivity contribution in [2.75, 3.05) is 19.7 Å². The molecule has 1 amide bonds. The lowest BCUT2D eigenvalue weighted by Gasteiger charge is -2.33. The molecule has 1 aromatic heterocycles. The van der Waals surface area contributed by atoms with Gasteiger partial charge in [-0.15, -0.1) is 5.10 Å². The smallest absolute Gasteiger partial charge is 0.317 e. The number of piperidine rings is 1. The minimum atomic E-state index is -0.690. The number of primary amides is 1. The maximum Gasteiger partial charge on any atom is 0.317 e. The van der Waals surface area contributed by atoms with Crippen LogP contribution in [0.2, 0.25) is 0 Å². The quantitative estimate of drug-likeness (QED) is 0.672. The van der Waals surface area contributed by atoms with E-state index >= 15 is 0 Å². The predicted octanol–water partition coefficient (Wildman–Crippen LogP) is -1.22. The molecule has 17 heavy (non-hydrogen) atoms. The van der Waals surface area contributed by atoms with Crippen molar-refractivity contribution in [3.63, 3.8) is 0 Å². The summed E-state index contributed by atoms with van der Waals surface area (Å²) >= 11 is 0. The first-order chi connectivity index (χ1) is 8.24. The molecule has 0 saturated carbocycles. The number of aromatic nitrogens is 3. The van der Waals surface area contributed by atoms with Crippen molar-refractivity contribution in [1.29, 1.82) is 0 Å². The van der Waals surface area contributed by atoms with Crippen molar-refractivity contribution in [2.45, 2.75) is 24.8 Å². The molecule has 7 heteroatoms. The Morgan fingerprint density at radius 2 is 2.18 bits per heavy atom. The number of nitrogens with one attached hydrogen (secondary N) is 1. The van der Waals surface area contributed by atoms with Crippen molar-refractivity contribution in [3.05, 3.63) is 5.82 Å². The number of ether oxygens (including phenoxy) is 1. The van der Waals surface area contributed by atoms with Crippen molar-refractivity contribution in [2.24, 2.45) is 5.73 Å². The number of amides is 1. The van der Waals surface area contributed by atoms with E-state index in [-0.39, 0.29) is 5.91 Å². The summed E-state index contributed by atoms with van der Waals surface area (Å²) in [6, 6.07) is 0.499. The number of rotatable bonds is 2. The van der Waals surface area contributed by atoms with Crippen molar-refractivity contribution in [3.8, 4) is 6.01 Å². The Balaban J connectivity index is 2.06. The SMILES string of the molecule is NC(=O)C1(c2nnc3n2CCO3)CCNCC1. The molecule has 0 aromatic carbocycles. The molecular formula is C10H15N5O2. The highest BCUT2D eigenvalue weighted by atomic mass is 16.5. The second-order valence-electron chi connectivity index (χ2n) is 4.50. The normalized spacial score (nSPS) is 21.9. The summed E-state index contributed by atoms with van der Waals surface area (Å²) in [5.41, 5.74) is 4.91. The maximum atomic E-state index is 11.8. The zero-order valence-corrected chi connectivity index (χ0v) is 9.48. The van der Waals surface area contributed by atoms with Gasteiger partial charge in [0.1, 0.15) is 12.0 Å². The van der Waals surface area contributed by atoms with Gasteiger partial charge >= 0.3 is 6.01 Å². The topological polar surface area (TPSA) is 95.1 Å². The van der Waals surface area contributed by atoms with Crippen LogP contribution in [0.5, 0.6) is 6.01 Å². The number of carbonyl (C=O) groups excluding carboxylic acids is 1. The summed E-state index contributed by atoms with van der Waals surface area (Å²) in [6.45, 7) is 2.82. The first-order valence-electron chi connectivity index (χ1n) is 5.81. The molecular weight excluding hydrogens is 222 g/mol. The second kappa shape index (κ2) is 3.69. The zero-order valence-electron chi connectivity index (χ0n) is 9.48. The van der Waals surface area contributed by atoms with Crippen LogP contribution in [-0.4, -0.2) is 40.4 Å². The summed E-state index contributed by atoms with van der Waals surface area (Å²) in [5, 5.41) is 11.3. The van der Waals surface area contributed by atoms with Gasteiger partial charge in [-0.2, -0.15) is 0 Å². The number of hydrogen-bond acceptors (Lipinski definition) is 5. The molecule has 92 valence electrons. The van der Waals surface area contributed by atoms with Gasteiger partial charge in [0.25, 0.3) is 0 Å². The number of nitrogens with two attached hydrogens (primary N) is 1. The van der Waals surface area contributed by atoms with Gasteiger partial charge in [-0.1, -0.05) is 5.10 Å². The molecule has 0 aliphatic carbocycles. The lowest BCUT2D eigenvalue weighted by atomic mass is 9.77. The second-order valence-corrected chi connectivity index (χ2v) is 4.50. The van der Waals surface area contributed by atoms with Crippen LogP contribution in [-0.2, 0) is 16.8 Å². The Morgan fingerprint density at radius 1 is 1.41 bits per heavy atom. The van der Waals surface area contributed by atoms with E-state index in [1.165, 1.54) is 0 Å². The molecule has 3 N–H and O–H groups in total. The van der Waals surface area contributed by atoms with Crippen molar-refractivity contribution in [1.82, 2.24) is 20.1 Å². The van der Waals surface area contributed by atoms with E-state index in [1.54, 1.807) is 0 Å². The van der Waals surface area contributed by atoms with E-state index in [0.717, 1.165) is 13.1 Å². The molecule has 1 aromatic rings. The molecule has 7 nitrogen and oxygen atoms in total. The van der Waals surface area contributed by atoms with E-state index in [1.807, 2.05) is 4.57 Å². The Labute approximate surface area is 98.3 Å². The van der Waals surface area contributed by atoms with Crippen LogP contribution in [0, 0.1) is 0 Å².